The highest BCUT2D eigenvalue weighted by Gasteiger charge is 2.40. The van der Waals surface area contributed by atoms with Crippen LogP contribution in [-0.4, -0.2) is 35.0 Å². The van der Waals surface area contributed by atoms with Crippen LogP contribution in [0, 0.1) is 17.8 Å². The Bertz CT molecular complexity index is 529. The molecule has 0 aromatic heterocycles. The number of rotatable bonds is 2. The number of amides is 1. The average Bonchev–Trinajstić information content (AvgIpc) is 3.01. The maximum absolute atomic E-state index is 12.6. The molecule has 0 bridgehead atoms. The molecule has 1 heterocycles. The number of likely N-dealkylation sites (tertiary alicyclic amines) is 1. The maximum atomic E-state index is 12.6. The quantitative estimate of drug-likeness (QED) is 0.890. The number of carbonyl (C=O) groups excluding carboxylic acids is 1. The van der Waals surface area contributed by atoms with Crippen molar-refractivity contribution in [2.75, 3.05) is 13.1 Å². The van der Waals surface area contributed by atoms with Gasteiger partial charge in [0.1, 0.15) is 0 Å². The standard InChI is InChI=1S/C16H19NO3/c1-10-8-17(9-14(10)16(19)20)15(18)13-6-11-4-2-3-5-12(11)7-13/h2-5,10,13-14H,6-9H2,1H3,(H,19,20). The molecule has 4 heteroatoms. The summed E-state index contributed by atoms with van der Waals surface area (Å²) in [4.78, 5) is 25.5. The first-order valence-corrected chi connectivity index (χ1v) is 7.14. The van der Waals surface area contributed by atoms with E-state index in [0.29, 0.717) is 13.1 Å². The van der Waals surface area contributed by atoms with Gasteiger partial charge >= 0.3 is 5.97 Å². The van der Waals surface area contributed by atoms with Crippen LogP contribution >= 0.6 is 0 Å². The lowest BCUT2D eigenvalue weighted by atomic mass is 9.99. The molecule has 3 rings (SSSR count). The number of carboxylic acids is 1. The van der Waals surface area contributed by atoms with Crippen LogP contribution in [0.3, 0.4) is 0 Å². The molecule has 0 radical (unpaired) electrons. The molecular formula is C16H19NO3. The molecule has 1 aliphatic carbocycles. The molecule has 20 heavy (non-hydrogen) atoms. The monoisotopic (exact) mass is 273 g/mol. The van der Waals surface area contributed by atoms with E-state index in [1.807, 2.05) is 19.1 Å². The zero-order chi connectivity index (χ0) is 14.3. The number of carboxylic acid groups (broad SMARTS) is 1. The second-order valence-corrected chi connectivity index (χ2v) is 6.04. The van der Waals surface area contributed by atoms with Crippen LogP contribution in [-0.2, 0) is 22.4 Å². The van der Waals surface area contributed by atoms with Gasteiger partial charge in [0, 0.05) is 19.0 Å². The third kappa shape index (κ3) is 2.19. The van der Waals surface area contributed by atoms with Gasteiger partial charge in [-0.3, -0.25) is 9.59 Å². The van der Waals surface area contributed by atoms with Gasteiger partial charge in [0.05, 0.1) is 5.92 Å². The molecule has 2 aliphatic rings. The summed E-state index contributed by atoms with van der Waals surface area (Å²) in [5.74, 6) is -1.05. The highest BCUT2D eigenvalue weighted by atomic mass is 16.4. The molecule has 0 spiro atoms. The highest BCUT2D eigenvalue weighted by molar-refractivity contribution is 5.82. The molecule has 1 amide bonds. The van der Waals surface area contributed by atoms with Crippen molar-refractivity contribution < 1.29 is 14.7 Å². The van der Waals surface area contributed by atoms with Gasteiger partial charge in [-0.05, 0) is 29.9 Å². The van der Waals surface area contributed by atoms with Crippen molar-refractivity contribution in [3.63, 3.8) is 0 Å². The van der Waals surface area contributed by atoms with Gasteiger partial charge in [-0.15, -0.1) is 0 Å². The summed E-state index contributed by atoms with van der Waals surface area (Å²) >= 11 is 0. The Balaban J connectivity index is 1.69. The largest absolute Gasteiger partial charge is 0.481 e. The smallest absolute Gasteiger partial charge is 0.308 e. The molecule has 1 aromatic carbocycles. The Morgan fingerprint density at radius 1 is 1.15 bits per heavy atom. The Labute approximate surface area is 118 Å². The summed E-state index contributed by atoms with van der Waals surface area (Å²) < 4.78 is 0. The van der Waals surface area contributed by atoms with Gasteiger partial charge in [-0.1, -0.05) is 31.2 Å². The summed E-state index contributed by atoms with van der Waals surface area (Å²) in [6, 6.07) is 8.17. The van der Waals surface area contributed by atoms with E-state index in [1.165, 1.54) is 11.1 Å². The van der Waals surface area contributed by atoms with Crippen molar-refractivity contribution in [3.8, 4) is 0 Å². The first-order chi connectivity index (χ1) is 9.56. The van der Waals surface area contributed by atoms with Crippen molar-refractivity contribution in [2.45, 2.75) is 19.8 Å². The number of hydrogen-bond acceptors (Lipinski definition) is 2. The van der Waals surface area contributed by atoms with Gasteiger partial charge in [0.15, 0.2) is 0 Å². The summed E-state index contributed by atoms with van der Waals surface area (Å²) in [5.41, 5.74) is 2.51. The second-order valence-electron chi connectivity index (χ2n) is 6.04. The van der Waals surface area contributed by atoms with E-state index in [2.05, 4.69) is 12.1 Å². The van der Waals surface area contributed by atoms with Crippen LogP contribution in [0.15, 0.2) is 24.3 Å². The lowest BCUT2D eigenvalue weighted by Crippen LogP contribution is -2.35. The van der Waals surface area contributed by atoms with Gasteiger partial charge in [-0.2, -0.15) is 0 Å². The summed E-state index contributed by atoms with van der Waals surface area (Å²) in [7, 11) is 0. The van der Waals surface area contributed by atoms with E-state index in [-0.39, 0.29) is 17.7 Å². The van der Waals surface area contributed by atoms with Crippen LogP contribution in [0.5, 0.6) is 0 Å². The van der Waals surface area contributed by atoms with Crippen molar-refractivity contribution in [1.82, 2.24) is 4.90 Å². The molecule has 0 saturated carbocycles. The lowest BCUT2D eigenvalue weighted by Gasteiger charge is -2.20. The van der Waals surface area contributed by atoms with Crippen molar-refractivity contribution >= 4 is 11.9 Å². The molecule has 1 saturated heterocycles. The molecule has 106 valence electrons. The highest BCUT2D eigenvalue weighted by Crippen LogP contribution is 2.31. The van der Waals surface area contributed by atoms with Crippen LogP contribution in [0.1, 0.15) is 18.1 Å². The van der Waals surface area contributed by atoms with E-state index in [4.69, 9.17) is 5.11 Å². The number of fused-ring (bicyclic) bond motifs is 1. The minimum atomic E-state index is -0.789. The normalized spacial score (nSPS) is 25.8. The number of benzene rings is 1. The Hall–Kier alpha value is -1.84. The topological polar surface area (TPSA) is 57.6 Å². The minimum Gasteiger partial charge on any atom is -0.481 e. The average molecular weight is 273 g/mol. The van der Waals surface area contributed by atoms with E-state index in [1.54, 1.807) is 4.90 Å². The van der Waals surface area contributed by atoms with Crippen LogP contribution in [0.2, 0.25) is 0 Å². The summed E-state index contributed by atoms with van der Waals surface area (Å²) in [5, 5.41) is 9.15. The van der Waals surface area contributed by atoms with E-state index in [9.17, 15) is 9.59 Å². The molecule has 1 fully saturated rings. The molecule has 4 nitrogen and oxygen atoms in total. The van der Waals surface area contributed by atoms with Gasteiger partial charge in [0.25, 0.3) is 0 Å². The predicted molar refractivity (Wildman–Crippen MR) is 74.2 cm³/mol. The molecule has 2 atom stereocenters. The lowest BCUT2D eigenvalue weighted by molar-refractivity contribution is -0.142. The van der Waals surface area contributed by atoms with Crippen molar-refractivity contribution in [3.05, 3.63) is 35.4 Å². The number of carbonyl (C=O) groups is 2. The molecule has 1 N–H and O–H groups in total. The third-order valence-corrected chi connectivity index (χ3v) is 4.64. The second kappa shape index (κ2) is 4.93. The minimum absolute atomic E-state index is 0.00727. The van der Waals surface area contributed by atoms with Gasteiger partial charge in [0.2, 0.25) is 5.91 Å². The first-order valence-electron chi connectivity index (χ1n) is 7.14. The number of aliphatic carboxylic acids is 1. The van der Waals surface area contributed by atoms with E-state index < -0.39 is 11.9 Å². The van der Waals surface area contributed by atoms with Crippen molar-refractivity contribution in [1.29, 1.82) is 0 Å². The van der Waals surface area contributed by atoms with Gasteiger partial charge < -0.3 is 10.0 Å². The Morgan fingerprint density at radius 3 is 2.25 bits per heavy atom. The zero-order valence-corrected chi connectivity index (χ0v) is 11.6. The van der Waals surface area contributed by atoms with E-state index in [0.717, 1.165) is 12.8 Å². The molecule has 1 aromatic rings. The fourth-order valence-electron chi connectivity index (χ4n) is 3.46. The third-order valence-electron chi connectivity index (χ3n) is 4.64. The first kappa shape index (κ1) is 13.2. The molecule has 2 unspecified atom stereocenters. The van der Waals surface area contributed by atoms with Crippen LogP contribution in [0.4, 0.5) is 0 Å². The maximum Gasteiger partial charge on any atom is 0.308 e. The summed E-state index contributed by atoms with van der Waals surface area (Å²) in [6.45, 7) is 2.85. The fraction of sp³-hybridized carbons (Fsp3) is 0.500. The summed E-state index contributed by atoms with van der Waals surface area (Å²) in [6.07, 6.45) is 1.58. The van der Waals surface area contributed by atoms with Crippen LogP contribution < -0.4 is 0 Å². The van der Waals surface area contributed by atoms with E-state index >= 15 is 0 Å². The molecular weight excluding hydrogens is 254 g/mol. The van der Waals surface area contributed by atoms with Gasteiger partial charge in [-0.25, -0.2) is 0 Å². The number of hydrogen-bond donors (Lipinski definition) is 1. The zero-order valence-electron chi connectivity index (χ0n) is 11.6. The fourth-order valence-corrected chi connectivity index (χ4v) is 3.46. The number of nitrogens with zero attached hydrogens (tertiary/aromatic N) is 1. The predicted octanol–water partition coefficient (Wildman–Crippen LogP) is 1.58. The van der Waals surface area contributed by atoms with Crippen LogP contribution in [0.25, 0.3) is 0 Å². The molecule has 1 aliphatic heterocycles. The Kier molecular flexibility index (Phi) is 3.24. The SMILES string of the molecule is CC1CN(C(=O)C2Cc3ccccc3C2)CC1C(=O)O. The van der Waals surface area contributed by atoms with Crippen molar-refractivity contribution in [2.24, 2.45) is 17.8 Å². The Morgan fingerprint density at radius 2 is 1.75 bits per heavy atom.